The Hall–Kier alpha value is -1.10. The Kier molecular flexibility index (Phi) is 4.68. The van der Waals surface area contributed by atoms with Crippen LogP contribution in [0.4, 0.5) is 0 Å². The molecule has 112 valence electrons. The molecular weight excluding hydrogens is 254 g/mol. The van der Waals surface area contributed by atoms with Crippen LogP contribution in [0.15, 0.2) is 24.3 Å². The molecule has 1 fully saturated rings. The SMILES string of the molecule is COc1ccccc1C(O)CN1CC(C)OC(C)(C)C1. The van der Waals surface area contributed by atoms with Crippen molar-refractivity contribution in [2.24, 2.45) is 0 Å². The van der Waals surface area contributed by atoms with Crippen molar-refractivity contribution < 1.29 is 14.6 Å². The van der Waals surface area contributed by atoms with Crippen molar-refractivity contribution in [3.05, 3.63) is 29.8 Å². The number of aliphatic hydroxyl groups excluding tert-OH is 1. The van der Waals surface area contributed by atoms with E-state index < -0.39 is 6.10 Å². The number of nitrogens with zero attached hydrogens (tertiary/aromatic N) is 1. The molecule has 1 saturated heterocycles. The molecule has 2 atom stereocenters. The summed E-state index contributed by atoms with van der Waals surface area (Å²) in [7, 11) is 1.63. The minimum Gasteiger partial charge on any atom is -0.496 e. The first-order valence-corrected chi connectivity index (χ1v) is 7.12. The van der Waals surface area contributed by atoms with E-state index in [1.165, 1.54) is 0 Å². The Bertz CT molecular complexity index is 447. The quantitative estimate of drug-likeness (QED) is 0.917. The third-order valence-corrected chi connectivity index (χ3v) is 3.57. The zero-order valence-electron chi connectivity index (χ0n) is 12.8. The van der Waals surface area contributed by atoms with Crippen LogP contribution in [-0.2, 0) is 4.74 Å². The van der Waals surface area contributed by atoms with E-state index in [2.05, 4.69) is 25.7 Å². The molecule has 1 aliphatic rings. The van der Waals surface area contributed by atoms with Gasteiger partial charge < -0.3 is 14.6 Å². The largest absolute Gasteiger partial charge is 0.496 e. The van der Waals surface area contributed by atoms with E-state index in [0.717, 1.165) is 24.4 Å². The van der Waals surface area contributed by atoms with Crippen molar-refractivity contribution in [3.8, 4) is 5.75 Å². The van der Waals surface area contributed by atoms with E-state index in [9.17, 15) is 5.11 Å². The zero-order chi connectivity index (χ0) is 14.8. The van der Waals surface area contributed by atoms with E-state index in [-0.39, 0.29) is 11.7 Å². The van der Waals surface area contributed by atoms with Crippen LogP contribution >= 0.6 is 0 Å². The van der Waals surface area contributed by atoms with Gasteiger partial charge >= 0.3 is 0 Å². The molecule has 1 aromatic rings. The Balaban J connectivity index is 2.05. The van der Waals surface area contributed by atoms with Crippen LogP contribution in [-0.4, -0.2) is 48.5 Å². The van der Waals surface area contributed by atoms with Gasteiger partial charge in [0.1, 0.15) is 5.75 Å². The van der Waals surface area contributed by atoms with Crippen LogP contribution < -0.4 is 4.74 Å². The lowest BCUT2D eigenvalue weighted by molar-refractivity contribution is -0.134. The average Bonchev–Trinajstić information content (AvgIpc) is 2.36. The molecule has 1 aromatic carbocycles. The highest BCUT2D eigenvalue weighted by Gasteiger charge is 2.32. The lowest BCUT2D eigenvalue weighted by Crippen LogP contribution is -2.52. The summed E-state index contributed by atoms with van der Waals surface area (Å²) in [4.78, 5) is 2.26. The van der Waals surface area contributed by atoms with Gasteiger partial charge in [0.15, 0.2) is 0 Å². The first-order valence-electron chi connectivity index (χ1n) is 7.12. The maximum absolute atomic E-state index is 10.5. The van der Waals surface area contributed by atoms with E-state index >= 15 is 0 Å². The second-order valence-electron chi connectivity index (χ2n) is 6.14. The minimum atomic E-state index is -0.549. The number of hydrogen-bond acceptors (Lipinski definition) is 4. The van der Waals surface area contributed by atoms with Crippen molar-refractivity contribution in [2.75, 3.05) is 26.7 Å². The molecule has 2 rings (SSSR count). The number of aliphatic hydroxyl groups is 1. The molecule has 2 unspecified atom stereocenters. The van der Waals surface area contributed by atoms with Crippen molar-refractivity contribution in [1.29, 1.82) is 0 Å². The fraction of sp³-hybridized carbons (Fsp3) is 0.625. The molecule has 1 N–H and O–H groups in total. The molecule has 0 aromatic heterocycles. The molecule has 0 saturated carbocycles. The minimum absolute atomic E-state index is 0.168. The molecule has 0 bridgehead atoms. The molecule has 20 heavy (non-hydrogen) atoms. The third kappa shape index (κ3) is 3.72. The standard InChI is InChI=1S/C16H25NO3/c1-12-9-17(11-16(2,3)20-12)10-14(18)13-7-5-6-8-15(13)19-4/h5-8,12,14,18H,9-11H2,1-4H3. The van der Waals surface area contributed by atoms with Gasteiger partial charge in [0.05, 0.1) is 24.9 Å². The Morgan fingerprint density at radius 3 is 2.80 bits per heavy atom. The highest BCUT2D eigenvalue weighted by Crippen LogP contribution is 2.27. The van der Waals surface area contributed by atoms with Gasteiger partial charge in [-0.15, -0.1) is 0 Å². The van der Waals surface area contributed by atoms with Crippen LogP contribution in [0, 0.1) is 0 Å². The first kappa shape index (κ1) is 15.3. The molecule has 4 nitrogen and oxygen atoms in total. The summed E-state index contributed by atoms with van der Waals surface area (Å²) >= 11 is 0. The first-order chi connectivity index (χ1) is 9.41. The molecule has 1 aliphatic heterocycles. The van der Waals surface area contributed by atoms with Crippen molar-refractivity contribution in [3.63, 3.8) is 0 Å². The van der Waals surface area contributed by atoms with Crippen molar-refractivity contribution in [2.45, 2.75) is 38.6 Å². The molecule has 0 aliphatic carbocycles. The molecule has 0 amide bonds. The van der Waals surface area contributed by atoms with Gasteiger partial charge in [0.25, 0.3) is 0 Å². The Morgan fingerprint density at radius 1 is 1.45 bits per heavy atom. The molecular formula is C16H25NO3. The Morgan fingerprint density at radius 2 is 2.15 bits per heavy atom. The summed E-state index contributed by atoms with van der Waals surface area (Å²) < 4.78 is 11.2. The van der Waals surface area contributed by atoms with Gasteiger partial charge in [-0.1, -0.05) is 18.2 Å². The molecule has 4 heteroatoms. The predicted octanol–water partition coefficient (Wildman–Crippen LogP) is 2.23. The lowest BCUT2D eigenvalue weighted by atomic mass is 10.0. The highest BCUT2D eigenvalue weighted by atomic mass is 16.5. The molecule has 0 radical (unpaired) electrons. The van der Waals surface area contributed by atoms with Gasteiger partial charge in [0.2, 0.25) is 0 Å². The van der Waals surface area contributed by atoms with Gasteiger partial charge in [0, 0.05) is 25.2 Å². The second-order valence-corrected chi connectivity index (χ2v) is 6.14. The average molecular weight is 279 g/mol. The fourth-order valence-electron chi connectivity index (χ4n) is 3.01. The number of rotatable bonds is 4. The summed E-state index contributed by atoms with van der Waals surface area (Å²) in [5, 5.41) is 10.5. The zero-order valence-corrected chi connectivity index (χ0v) is 12.8. The van der Waals surface area contributed by atoms with Crippen LogP contribution in [0.25, 0.3) is 0 Å². The maximum atomic E-state index is 10.5. The molecule has 1 heterocycles. The van der Waals surface area contributed by atoms with Crippen LogP contribution in [0.2, 0.25) is 0 Å². The number of morpholine rings is 1. The predicted molar refractivity (Wildman–Crippen MR) is 79.0 cm³/mol. The third-order valence-electron chi connectivity index (χ3n) is 3.57. The number of benzene rings is 1. The topological polar surface area (TPSA) is 41.9 Å². The number of para-hydroxylation sites is 1. The normalized spacial score (nSPS) is 24.4. The number of hydrogen-bond donors (Lipinski definition) is 1. The molecule has 0 spiro atoms. The maximum Gasteiger partial charge on any atom is 0.124 e. The number of ether oxygens (including phenoxy) is 2. The van der Waals surface area contributed by atoms with E-state index in [1.807, 2.05) is 24.3 Å². The summed E-state index contributed by atoms with van der Waals surface area (Å²) in [6, 6.07) is 7.63. The second kappa shape index (κ2) is 6.12. The number of β-amino-alcohol motifs (C(OH)–C–C–N with tert-alkyl or cyclic N) is 1. The summed E-state index contributed by atoms with van der Waals surface area (Å²) in [5.41, 5.74) is 0.671. The van der Waals surface area contributed by atoms with Crippen molar-refractivity contribution >= 4 is 0 Å². The summed E-state index contributed by atoms with van der Waals surface area (Å²) in [5.74, 6) is 0.737. The summed E-state index contributed by atoms with van der Waals surface area (Å²) in [6.07, 6.45) is -0.365. The van der Waals surface area contributed by atoms with Gasteiger partial charge in [-0.05, 0) is 26.8 Å². The van der Waals surface area contributed by atoms with E-state index in [1.54, 1.807) is 7.11 Å². The van der Waals surface area contributed by atoms with Crippen molar-refractivity contribution in [1.82, 2.24) is 4.90 Å². The number of methoxy groups -OCH3 is 1. The lowest BCUT2D eigenvalue weighted by Gasteiger charge is -2.42. The summed E-state index contributed by atoms with van der Waals surface area (Å²) in [6.45, 7) is 8.51. The van der Waals surface area contributed by atoms with Crippen LogP contribution in [0.5, 0.6) is 5.75 Å². The highest BCUT2D eigenvalue weighted by molar-refractivity contribution is 5.35. The fourth-order valence-corrected chi connectivity index (χ4v) is 3.01. The van der Waals surface area contributed by atoms with E-state index in [4.69, 9.17) is 9.47 Å². The van der Waals surface area contributed by atoms with Gasteiger partial charge in [-0.3, -0.25) is 4.90 Å². The monoisotopic (exact) mass is 279 g/mol. The van der Waals surface area contributed by atoms with E-state index in [0.29, 0.717) is 6.54 Å². The van der Waals surface area contributed by atoms with Crippen LogP contribution in [0.1, 0.15) is 32.4 Å². The Labute approximate surface area is 121 Å². The van der Waals surface area contributed by atoms with Crippen LogP contribution in [0.3, 0.4) is 0 Å². The smallest absolute Gasteiger partial charge is 0.124 e. The van der Waals surface area contributed by atoms with Gasteiger partial charge in [-0.2, -0.15) is 0 Å². The van der Waals surface area contributed by atoms with Gasteiger partial charge in [-0.25, -0.2) is 0 Å².